The summed E-state index contributed by atoms with van der Waals surface area (Å²) in [6, 6.07) is 3.37. The number of nitrogens with one attached hydrogen (secondary N) is 1. The van der Waals surface area contributed by atoms with Crippen molar-refractivity contribution in [2.45, 2.75) is 26.8 Å². The molecule has 0 aromatic heterocycles. The van der Waals surface area contributed by atoms with Crippen molar-refractivity contribution in [3.63, 3.8) is 0 Å². The van der Waals surface area contributed by atoms with Crippen molar-refractivity contribution in [1.82, 2.24) is 5.32 Å². The molecule has 1 unspecified atom stereocenters. The van der Waals surface area contributed by atoms with Gasteiger partial charge in [-0.1, -0.05) is 13.8 Å². The van der Waals surface area contributed by atoms with Gasteiger partial charge in [0.05, 0.1) is 5.56 Å². The Hall–Kier alpha value is -2.11. The predicted octanol–water partition coefficient (Wildman–Crippen LogP) is 2.06. The number of hydrogen-bond acceptors (Lipinski definition) is 3. The number of carbonyl (C=O) groups excluding carboxylic acids is 1. The Kier molecular flexibility index (Phi) is 5.49. The molecule has 0 bridgehead atoms. The lowest BCUT2D eigenvalue weighted by molar-refractivity contribution is -0.124. The number of aromatic carboxylic acids is 1. The molecular formula is C14H18FNO4. The number of hydrogen-bond donors (Lipinski definition) is 2. The highest BCUT2D eigenvalue weighted by Gasteiger charge is 2.13. The normalized spacial score (nSPS) is 12.1. The molecule has 0 aliphatic carbocycles. The van der Waals surface area contributed by atoms with Crippen LogP contribution in [0, 0.1) is 11.7 Å². The maximum absolute atomic E-state index is 13.4. The molecule has 6 heteroatoms. The van der Waals surface area contributed by atoms with Crippen LogP contribution in [0.2, 0.25) is 0 Å². The Labute approximate surface area is 116 Å². The van der Waals surface area contributed by atoms with Crippen LogP contribution in [-0.2, 0) is 4.79 Å². The SMILES string of the molecule is CC(C)C(C)NC(=O)COc1ccc(C(=O)O)c(F)c1. The first-order valence-corrected chi connectivity index (χ1v) is 6.26. The van der Waals surface area contributed by atoms with Gasteiger partial charge in [0.1, 0.15) is 11.6 Å². The number of rotatable bonds is 6. The third-order valence-corrected chi connectivity index (χ3v) is 2.93. The van der Waals surface area contributed by atoms with Crippen molar-refractivity contribution >= 4 is 11.9 Å². The van der Waals surface area contributed by atoms with E-state index in [1.165, 1.54) is 6.07 Å². The first-order chi connectivity index (χ1) is 9.31. The van der Waals surface area contributed by atoms with E-state index in [-0.39, 0.29) is 24.3 Å². The standard InChI is InChI=1S/C14H18FNO4/c1-8(2)9(3)16-13(17)7-20-10-4-5-11(14(18)19)12(15)6-10/h4-6,8-9H,7H2,1-3H3,(H,16,17)(H,18,19). The summed E-state index contributed by atoms with van der Waals surface area (Å²) in [6.45, 7) is 5.59. The Morgan fingerprint density at radius 2 is 2.00 bits per heavy atom. The summed E-state index contributed by atoms with van der Waals surface area (Å²) in [6.07, 6.45) is 0. The summed E-state index contributed by atoms with van der Waals surface area (Å²) in [7, 11) is 0. The van der Waals surface area contributed by atoms with Crippen LogP contribution < -0.4 is 10.1 Å². The second-order valence-corrected chi connectivity index (χ2v) is 4.84. The predicted molar refractivity (Wildman–Crippen MR) is 71.3 cm³/mol. The fourth-order valence-electron chi connectivity index (χ4n) is 1.37. The summed E-state index contributed by atoms with van der Waals surface area (Å²) in [5.74, 6) is -2.15. The van der Waals surface area contributed by atoms with Crippen LogP contribution in [0.4, 0.5) is 4.39 Å². The van der Waals surface area contributed by atoms with Crippen LogP contribution >= 0.6 is 0 Å². The maximum Gasteiger partial charge on any atom is 0.338 e. The third kappa shape index (κ3) is 4.53. The van der Waals surface area contributed by atoms with E-state index in [1.54, 1.807) is 0 Å². The van der Waals surface area contributed by atoms with Gasteiger partial charge in [-0.3, -0.25) is 4.79 Å². The Balaban J connectivity index is 2.56. The summed E-state index contributed by atoms with van der Waals surface area (Å²) < 4.78 is 18.5. The Bertz CT molecular complexity index is 502. The van der Waals surface area contributed by atoms with Crippen molar-refractivity contribution in [2.24, 2.45) is 5.92 Å². The fraction of sp³-hybridized carbons (Fsp3) is 0.429. The lowest BCUT2D eigenvalue weighted by atomic mass is 10.1. The molecule has 0 saturated carbocycles. The van der Waals surface area contributed by atoms with Crippen molar-refractivity contribution in [3.8, 4) is 5.75 Å². The quantitative estimate of drug-likeness (QED) is 0.838. The van der Waals surface area contributed by atoms with E-state index in [1.807, 2.05) is 20.8 Å². The van der Waals surface area contributed by atoms with Gasteiger partial charge in [-0.05, 0) is 25.0 Å². The highest BCUT2D eigenvalue weighted by molar-refractivity contribution is 5.88. The molecule has 1 atom stereocenters. The molecule has 2 N–H and O–H groups in total. The van der Waals surface area contributed by atoms with Crippen molar-refractivity contribution < 1.29 is 23.8 Å². The average molecular weight is 283 g/mol. The number of carboxylic acid groups (broad SMARTS) is 1. The zero-order chi connectivity index (χ0) is 15.3. The van der Waals surface area contributed by atoms with E-state index < -0.39 is 17.3 Å². The Morgan fingerprint density at radius 1 is 1.35 bits per heavy atom. The molecule has 0 heterocycles. The molecule has 0 fully saturated rings. The molecule has 1 aromatic carbocycles. The van der Waals surface area contributed by atoms with Gasteiger partial charge >= 0.3 is 5.97 Å². The van der Waals surface area contributed by atoms with E-state index >= 15 is 0 Å². The van der Waals surface area contributed by atoms with Gasteiger partial charge in [0, 0.05) is 12.1 Å². The van der Waals surface area contributed by atoms with Gasteiger partial charge < -0.3 is 15.2 Å². The number of ether oxygens (including phenoxy) is 1. The van der Waals surface area contributed by atoms with Gasteiger partial charge in [-0.25, -0.2) is 9.18 Å². The second kappa shape index (κ2) is 6.88. The third-order valence-electron chi connectivity index (χ3n) is 2.93. The molecule has 20 heavy (non-hydrogen) atoms. The van der Waals surface area contributed by atoms with Gasteiger partial charge in [0.25, 0.3) is 5.91 Å². The zero-order valence-electron chi connectivity index (χ0n) is 11.6. The zero-order valence-corrected chi connectivity index (χ0v) is 11.6. The first kappa shape index (κ1) is 15.9. The molecule has 0 aliphatic rings. The minimum absolute atomic E-state index is 0.0113. The first-order valence-electron chi connectivity index (χ1n) is 6.26. The molecule has 1 amide bonds. The molecule has 0 radical (unpaired) electrons. The molecule has 1 aromatic rings. The number of carbonyl (C=O) groups is 2. The number of amides is 1. The highest BCUT2D eigenvalue weighted by Crippen LogP contribution is 2.16. The van der Waals surface area contributed by atoms with E-state index in [0.717, 1.165) is 12.1 Å². The average Bonchev–Trinajstić information content (AvgIpc) is 2.35. The van der Waals surface area contributed by atoms with Crippen LogP contribution in [-0.4, -0.2) is 29.6 Å². The molecule has 0 saturated heterocycles. The summed E-state index contributed by atoms with van der Waals surface area (Å²) >= 11 is 0. The largest absolute Gasteiger partial charge is 0.484 e. The lowest BCUT2D eigenvalue weighted by Crippen LogP contribution is -2.38. The smallest absolute Gasteiger partial charge is 0.338 e. The Morgan fingerprint density at radius 3 is 2.50 bits per heavy atom. The van der Waals surface area contributed by atoms with E-state index in [2.05, 4.69) is 5.32 Å². The van der Waals surface area contributed by atoms with Crippen LogP contribution in [0.1, 0.15) is 31.1 Å². The highest BCUT2D eigenvalue weighted by atomic mass is 19.1. The van der Waals surface area contributed by atoms with Crippen LogP contribution in [0.5, 0.6) is 5.75 Å². The van der Waals surface area contributed by atoms with Crippen molar-refractivity contribution in [2.75, 3.05) is 6.61 Å². The summed E-state index contributed by atoms with van der Waals surface area (Å²) in [4.78, 5) is 22.2. The number of benzene rings is 1. The number of halogens is 1. The summed E-state index contributed by atoms with van der Waals surface area (Å²) in [5.41, 5.74) is -0.435. The molecule has 5 nitrogen and oxygen atoms in total. The molecule has 1 rings (SSSR count). The van der Waals surface area contributed by atoms with Crippen LogP contribution in [0.15, 0.2) is 18.2 Å². The lowest BCUT2D eigenvalue weighted by Gasteiger charge is -2.17. The van der Waals surface area contributed by atoms with E-state index in [9.17, 15) is 14.0 Å². The van der Waals surface area contributed by atoms with Gasteiger partial charge in [-0.15, -0.1) is 0 Å². The minimum Gasteiger partial charge on any atom is -0.484 e. The fourth-order valence-corrected chi connectivity index (χ4v) is 1.37. The van der Waals surface area contributed by atoms with Gasteiger partial charge in [-0.2, -0.15) is 0 Å². The monoisotopic (exact) mass is 283 g/mol. The molecule has 0 spiro atoms. The molecular weight excluding hydrogens is 265 g/mol. The van der Waals surface area contributed by atoms with Gasteiger partial charge in [0.15, 0.2) is 6.61 Å². The minimum atomic E-state index is -1.35. The maximum atomic E-state index is 13.4. The van der Waals surface area contributed by atoms with Crippen molar-refractivity contribution in [1.29, 1.82) is 0 Å². The van der Waals surface area contributed by atoms with E-state index in [0.29, 0.717) is 5.92 Å². The van der Waals surface area contributed by atoms with Crippen LogP contribution in [0.25, 0.3) is 0 Å². The van der Waals surface area contributed by atoms with Crippen LogP contribution in [0.3, 0.4) is 0 Å². The van der Waals surface area contributed by atoms with E-state index in [4.69, 9.17) is 9.84 Å². The number of carboxylic acids is 1. The topological polar surface area (TPSA) is 75.6 Å². The second-order valence-electron chi connectivity index (χ2n) is 4.84. The molecule has 0 aliphatic heterocycles. The van der Waals surface area contributed by atoms with Crippen molar-refractivity contribution in [3.05, 3.63) is 29.6 Å². The van der Waals surface area contributed by atoms with Gasteiger partial charge in [0.2, 0.25) is 0 Å². The molecule has 110 valence electrons. The summed E-state index contributed by atoms with van der Waals surface area (Å²) in [5, 5.41) is 11.4.